The molecule has 1 aromatic carbocycles. The summed E-state index contributed by atoms with van der Waals surface area (Å²) in [6, 6.07) is 8.18. The average molecular weight is 289 g/mol. The van der Waals surface area contributed by atoms with Crippen LogP contribution in [0.3, 0.4) is 0 Å². The summed E-state index contributed by atoms with van der Waals surface area (Å²) in [5.74, 6) is 0.130. The van der Waals surface area contributed by atoms with Crippen molar-refractivity contribution in [3.8, 4) is 0 Å². The third-order valence-corrected chi connectivity index (χ3v) is 4.36. The summed E-state index contributed by atoms with van der Waals surface area (Å²) in [4.78, 5) is 19.0. The van der Waals surface area contributed by atoms with Crippen molar-refractivity contribution in [3.05, 3.63) is 29.8 Å². The average Bonchev–Trinajstić information content (AvgIpc) is 2.54. The molecular weight excluding hydrogens is 266 g/mol. The van der Waals surface area contributed by atoms with Gasteiger partial charge in [-0.15, -0.1) is 0 Å². The monoisotopic (exact) mass is 289 g/mol. The van der Waals surface area contributed by atoms with Crippen molar-refractivity contribution in [2.45, 2.75) is 6.04 Å². The first-order chi connectivity index (χ1) is 10.1. The highest BCUT2D eigenvalue weighted by molar-refractivity contribution is 5.94. The van der Waals surface area contributed by atoms with Crippen molar-refractivity contribution >= 4 is 11.6 Å². The van der Waals surface area contributed by atoms with E-state index in [9.17, 15) is 4.79 Å². The Morgan fingerprint density at radius 2 is 1.95 bits per heavy atom. The van der Waals surface area contributed by atoms with Crippen LogP contribution in [-0.2, 0) is 4.74 Å². The fourth-order valence-electron chi connectivity index (χ4n) is 3.02. The molecule has 114 valence electrons. The molecule has 1 amide bonds. The van der Waals surface area contributed by atoms with Crippen molar-refractivity contribution in [2.24, 2.45) is 0 Å². The van der Waals surface area contributed by atoms with E-state index in [0.29, 0.717) is 6.04 Å². The van der Waals surface area contributed by atoms with E-state index < -0.39 is 0 Å². The molecule has 0 aliphatic carbocycles. The SMILES string of the molecule is CN(C)c1ccc(C(=O)N2CCN3CCOC[C@@H]3C2)cc1. The quantitative estimate of drug-likeness (QED) is 0.811. The molecular formula is C16H23N3O2. The summed E-state index contributed by atoms with van der Waals surface area (Å²) < 4.78 is 5.53. The number of ether oxygens (including phenoxy) is 1. The van der Waals surface area contributed by atoms with Gasteiger partial charge < -0.3 is 14.5 Å². The van der Waals surface area contributed by atoms with Crippen molar-refractivity contribution < 1.29 is 9.53 Å². The Labute approximate surface area is 126 Å². The van der Waals surface area contributed by atoms with Gasteiger partial charge in [-0.2, -0.15) is 0 Å². The number of hydrogen-bond acceptors (Lipinski definition) is 4. The van der Waals surface area contributed by atoms with Gasteiger partial charge in [0.05, 0.1) is 19.3 Å². The molecule has 5 nitrogen and oxygen atoms in total. The van der Waals surface area contributed by atoms with Crippen molar-refractivity contribution in [2.75, 3.05) is 58.4 Å². The van der Waals surface area contributed by atoms with E-state index in [2.05, 4.69) is 4.90 Å². The van der Waals surface area contributed by atoms with Gasteiger partial charge in [-0.25, -0.2) is 0 Å². The lowest BCUT2D eigenvalue weighted by Crippen LogP contribution is -2.59. The molecule has 1 atom stereocenters. The Morgan fingerprint density at radius 3 is 2.67 bits per heavy atom. The molecule has 2 aliphatic rings. The fraction of sp³-hybridized carbons (Fsp3) is 0.562. The Morgan fingerprint density at radius 1 is 1.19 bits per heavy atom. The molecule has 0 unspecified atom stereocenters. The largest absolute Gasteiger partial charge is 0.378 e. The van der Waals surface area contributed by atoms with Crippen molar-refractivity contribution in [1.29, 1.82) is 0 Å². The number of carbonyl (C=O) groups excluding carboxylic acids is 1. The van der Waals surface area contributed by atoms with Crippen LogP contribution < -0.4 is 4.90 Å². The van der Waals surface area contributed by atoms with Crippen LogP contribution in [0, 0.1) is 0 Å². The summed E-state index contributed by atoms with van der Waals surface area (Å²) in [5, 5.41) is 0. The van der Waals surface area contributed by atoms with Gasteiger partial charge in [-0.1, -0.05) is 0 Å². The van der Waals surface area contributed by atoms with E-state index >= 15 is 0 Å². The van der Waals surface area contributed by atoms with E-state index in [1.54, 1.807) is 0 Å². The molecule has 2 heterocycles. The van der Waals surface area contributed by atoms with E-state index in [4.69, 9.17) is 4.74 Å². The molecule has 2 aliphatic heterocycles. The minimum atomic E-state index is 0.130. The molecule has 5 heteroatoms. The van der Waals surface area contributed by atoms with Gasteiger partial charge in [0.25, 0.3) is 5.91 Å². The highest BCUT2D eigenvalue weighted by atomic mass is 16.5. The third kappa shape index (κ3) is 3.04. The van der Waals surface area contributed by atoms with Crippen LogP contribution in [0.25, 0.3) is 0 Å². The second-order valence-corrected chi connectivity index (χ2v) is 5.96. The van der Waals surface area contributed by atoms with Crippen LogP contribution in [0.2, 0.25) is 0 Å². The van der Waals surface area contributed by atoms with E-state index in [-0.39, 0.29) is 5.91 Å². The first kappa shape index (κ1) is 14.4. The number of fused-ring (bicyclic) bond motifs is 1. The van der Waals surface area contributed by atoms with Crippen molar-refractivity contribution in [1.82, 2.24) is 9.80 Å². The molecule has 2 saturated heterocycles. The molecule has 0 spiro atoms. The number of anilines is 1. The minimum Gasteiger partial charge on any atom is -0.378 e. The summed E-state index contributed by atoms with van der Waals surface area (Å²) >= 11 is 0. The number of morpholine rings is 1. The van der Waals surface area contributed by atoms with Crippen LogP contribution in [0.5, 0.6) is 0 Å². The van der Waals surface area contributed by atoms with E-state index in [1.165, 1.54) is 0 Å². The number of piperazine rings is 1. The second kappa shape index (κ2) is 6.03. The maximum atomic E-state index is 12.6. The van der Waals surface area contributed by atoms with Gasteiger partial charge in [0.1, 0.15) is 0 Å². The number of benzene rings is 1. The molecule has 21 heavy (non-hydrogen) atoms. The fourth-order valence-corrected chi connectivity index (χ4v) is 3.02. The predicted octanol–water partition coefficient (Wildman–Crippen LogP) is 0.909. The first-order valence-electron chi connectivity index (χ1n) is 7.53. The van der Waals surface area contributed by atoms with E-state index in [1.807, 2.05) is 48.2 Å². The topological polar surface area (TPSA) is 36.0 Å². The van der Waals surface area contributed by atoms with Gasteiger partial charge in [-0.05, 0) is 24.3 Å². The van der Waals surface area contributed by atoms with Gasteiger partial charge >= 0.3 is 0 Å². The standard InChI is InChI=1S/C16H23N3O2/c1-17(2)14-5-3-13(4-6-14)16(20)19-8-7-18-9-10-21-12-15(18)11-19/h3-6,15H,7-12H2,1-2H3/t15-/m0/s1. The number of rotatable bonds is 2. The van der Waals surface area contributed by atoms with Crippen LogP contribution in [0.4, 0.5) is 5.69 Å². The molecule has 0 radical (unpaired) electrons. The lowest BCUT2D eigenvalue weighted by Gasteiger charge is -2.43. The molecule has 0 N–H and O–H groups in total. The van der Waals surface area contributed by atoms with Gasteiger partial charge in [0.2, 0.25) is 0 Å². The normalized spacial score (nSPS) is 22.8. The smallest absolute Gasteiger partial charge is 0.253 e. The summed E-state index contributed by atoms with van der Waals surface area (Å²) in [5.41, 5.74) is 1.88. The number of amides is 1. The van der Waals surface area contributed by atoms with Gasteiger partial charge in [-0.3, -0.25) is 9.69 Å². The molecule has 2 fully saturated rings. The number of nitrogens with zero attached hydrogens (tertiary/aromatic N) is 3. The summed E-state index contributed by atoms with van der Waals surface area (Å²) in [7, 11) is 4.00. The number of carbonyl (C=O) groups is 1. The zero-order valence-corrected chi connectivity index (χ0v) is 12.8. The maximum Gasteiger partial charge on any atom is 0.253 e. The summed E-state index contributed by atoms with van der Waals surface area (Å²) in [6.07, 6.45) is 0. The summed E-state index contributed by atoms with van der Waals surface area (Å²) in [6.45, 7) is 5.08. The molecule has 0 saturated carbocycles. The van der Waals surface area contributed by atoms with Crippen molar-refractivity contribution in [3.63, 3.8) is 0 Å². The molecule has 0 aromatic heterocycles. The Kier molecular flexibility index (Phi) is 4.12. The zero-order chi connectivity index (χ0) is 14.8. The maximum absolute atomic E-state index is 12.6. The van der Waals surface area contributed by atoms with Gasteiger partial charge in [0.15, 0.2) is 0 Å². The highest BCUT2D eigenvalue weighted by Gasteiger charge is 2.31. The van der Waals surface area contributed by atoms with Crippen LogP contribution >= 0.6 is 0 Å². The predicted molar refractivity (Wildman–Crippen MR) is 82.9 cm³/mol. The minimum absolute atomic E-state index is 0.130. The highest BCUT2D eigenvalue weighted by Crippen LogP contribution is 2.18. The lowest BCUT2D eigenvalue weighted by atomic mass is 10.1. The molecule has 1 aromatic rings. The van der Waals surface area contributed by atoms with Crippen LogP contribution in [0.1, 0.15) is 10.4 Å². The van der Waals surface area contributed by atoms with Crippen LogP contribution in [-0.4, -0.2) is 75.2 Å². The Balaban J connectivity index is 1.67. The zero-order valence-electron chi connectivity index (χ0n) is 12.8. The number of hydrogen-bond donors (Lipinski definition) is 0. The lowest BCUT2D eigenvalue weighted by molar-refractivity contribution is -0.0394. The Bertz CT molecular complexity index is 501. The van der Waals surface area contributed by atoms with E-state index in [0.717, 1.165) is 50.6 Å². The Hall–Kier alpha value is -1.59. The third-order valence-electron chi connectivity index (χ3n) is 4.36. The molecule has 0 bridgehead atoms. The second-order valence-electron chi connectivity index (χ2n) is 5.96. The van der Waals surface area contributed by atoms with Gasteiger partial charge in [0, 0.05) is 51.5 Å². The van der Waals surface area contributed by atoms with Crippen LogP contribution in [0.15, 0.2) is 24.3 Å². The molecule has 3 rings (SSSR count). The first-order valence-corrected chi connectivity index (χ1v) is 7.53.